The van der Waals surface area contributed by atoms with Gasteiger partial charge in [-0.25, -0.2) is 0 Å². The van der Waals surface area contributed by atoms with E-state index in [0.29, 0.717) is 0 Å². The molecule has 2 rings (SSSR count). The normalized spacial score (nSPS) is 30.2. The summed E-state index contributed by atoms with van der Waals surface area (Å²) in [5, 5.41) is 10.8. The number of aliphatic hydroxyl groups is 1. The summed E-state index contributed by atoms with van der Waals surface area (Å²) in [5.74, 6) is 0. The van der Waals surface area contributed by atoms with Crippen LogP contribution in [0.15, 0.2) is 30.3 Å². The topological polar surface area (TPSA) is 23.5 Å². The van der Waals surface area contributed by atoms with Crippen LogP contribution in [0.3, 0.4) is 0 Å². The number of rotatable bonds is 1. The molecule has 0 aromatic heterocycles. The average molecular weight is 219 g/mol. The van der Waals surface area contributed by atoms with E-state index < -0.39 is 5.60 Å². The van der Waals surface area contributed by atoms with Crippen LogP contribution in [0.5, 0.6) is 0 Å². The first-order chi connectivity index (χ1) is 7.44. The van der Waals surface area contributed by atoms with Crippen molar-refractivity contribution in [3.8, 4) is 0 Å². The molecule has 0 radical (unpaired) electrons. The van der Waals surface area contributed by atoms with E-state index in [2.05, 4.69) is 25.8 Å². The second-order valence-corrected chi connectivity index (χ2v) is 5.56. The third-order valence-electron chi connectivity index (χ3n) is 3.93. The third kappa shape index (κ3) is 2.00. The minimum atomic E-state index is -0.655. The van der Waals surface area contributed by atoms with Crippen molar-refractivity contribution in [2.24, 2.45) is 0 Å². The zero-order valence-electron chi connectivity index (χ0n) is 10.4. The summed E-state index contributed by atoms with van der Waals surface area (Å²) in [6.45, 7) is 5.33. The van der Waals surface area contributed by atoms with Crippen LogP contribution in [0.25, 0.3) is 0 Å². The molecule has 1 unspecified atom stereocenters. The van der Waals surface area contributed by atoms with Gasteiger partial charge in [0.2, 0.25) is 0 Å². The van der Waals surface area contributed by atoms with Crippen LogP contribution < -0.4 is 0 Å². The van der Waals surface area contributed by atoms with E-state index in [4.69, 9.17) is 0 Å². The number of benzene rings is 1. The van der Waals surface area contributed by atoms with Crippen molar-refractivity contribution in [2.45, 2.75) is 37.8 Å². The van der Waals surface area contributed by atoms with Gasteiger partial charge in [0.15, 0.2) is 0 Å². The maximum Gasteiger partial charge on any atom is 0.0926 e. The molecule has 1 aromatic carbocycles. The molecular weight excluding hydrogens is 198 g/mol. The Morgan fingerprint density at radius 1 is 1.19 bits per heavy atom. The minimum Gasteiger partial charge on any atom is -0.385 e. The van der Waals surface area contributed by atoms with Gasteiger partial charge in [0.1, 0.15) is 0 Å². The molecular formula is C14H21NO. The Labute approximate surface area is 97.9 Å². The number of piperidine rings is 1. The first kappa shape index (κ1) is 11.6. The lowest BCUT2D eigenvalue weighted by atomic mass is 9.76. The summed E-state index contributed by atoms with van der Waals surface area (Å²) < 4.78 is 0. The maximum absolute atomic E-state index is 10.8. The molecule has 1 aromatic rings. The first-order valence-electron chi connectivity index (χ1n) is 5.93. The van der Waals surface area contributed by atoms with Gasteiger partial charge in [-0.05, 0) is 39.3 Å². The zero-order chi connectivity index (χ0) is 11.8. The van der Waals surface area contributed by atoms with E-state index in [9.17, 15) is 5.11 Å². The maximum atomic E-state index is 10.8. The van der Waals surface area contributed by atoms with Crippen LogP contribution in [0, 0.1) is 0 Å². The highest BCUT2D eigenvalue weighted by atomic mass is 16.3. The fraction of sp³-hybridized carbons (Fsp3) is 0.571. The average Bonchev–Trinajstić information content (AvgIpc) is 2.25. The smallest absolute Gasteiger partial charge is 0.0926 e. The van der Waals surface area contributed by atoms with Crippen molar-refractivity contribution in [2.75, 3.05) is 13.6 Å². The highest BCUT2D eigenvalue weighted by Gasteiger charge is 2.42. The lowest BCUT2D eigenvalue weighted by Gasteiger charge is -2.48. The lowest BCUT2D eigenvalue weighted by molar-refractivity contribution is -0.0723. The van der Waals surface area contributed by atoms with Gasteiger partial charge < -0.3 is 10.0 Å². The minimum absolute atomic E-state index is 0.0584. The molecule has 1 aliphatic heterocycles. The Hall–Kier alpha value is -0.860. The molecule has 1 fully saturated rings. The van der Waals surface area contributed by atoms with Crippen LogP contribution in [0.2, 0.25) is 0 Å². The van der Waals surface area contributed by atoms with E-state index in [1.165, 1.54) is 0 Å². The van der Waals surface area contributed by atoms with Crippen molar-refractivity contribution >= 4 is 0 Å². The number of hydrogen-bond donors (Lipinski definition) is 1. The van der Waals surface area contributed by atoms with E-state index in [-0.39, 0.29) is 5.54 Å². The molecule has 2 heteroatoms. The van der Waals surface area contributed by atoms with Crippen LogP contribution in [0.1, 0.15) is 32.3 Å². The second-order valence-electron chi connectivity index (χ2n) is 5.56. The molecule has 0 spiro atoms. The molecule has 2 nitrogen and oxygen atoms in total. The van der Waals surface area contributed by atoms with Gasteiger partial charge >= 0.3 is 0 Å². The van der Waals surface area contributed by atoms with E-state index >= 15 is 0 Å². The summed E-state index contributed by atoms with van der Waals surface area (Å²) in [5.41, 5.74) is 0.455. The molecule has 0 bridgehead atoms. The Morgan fingerprint density at radius 2 is 1.81 bits per heavy atom. The number of likely N-dealkylation sites (tertiary alicyclic amines) is 1. The van der Waals surface area contributed by atoms with Crippen molar-refractivity contribution < 1.29 is 5.11 Å². The Balaban J connectivity index is 2.28. The molecule has 1 saturated heterocycles. The van der Waals surface area contributed by atoms with Gasteiger partial charge in [0.05, 0.1) is 5.60 Å². The predicted octanol–water partition coefficient (Wildman–Crippen LogP) is 2.38. The molecule has 16 heavy (non-hydrogen) atoms. The predicted molar refractivity (Wildman–Crippen MR) is 66.3 cm³/mol. The molecule has 1 heterocycles. The number of hydrogen-bond acceptors (Lipinski definition) is 2. The molecule has 88 valence electrons. The zero-order valence-corrected chi connectivity index (χ0v) is 10.4. The van der Waals surface area contributed by atoms with Gasteiger partial charge in [0, 0.05) is 12.1 Å². The molecule has 0 saturated carbocycles. The highest BCUT2D eigenvalue weighted by Crippen LogP contribution is 2.39. The van der Waals surface area contributed by atoms with Gasteiger partial charge in [0.25, 0.3) is 0 Å². The Bertz CT molecular complexity index is 360. The van der Waals surface area contributed by atoms with Crippen LogP contribution in [-0.4, -0.2) is 29.1 Å². The summed E-state index contributed by atoms with van der Waals surface area (Å²) >= 11 is 0. The fourth-order valence-electron chi connectivity index (χ4n) is 2.59. The van der Waals surface area contributed by atoms with Crippen LogP contribution in [-0.2, 0) is 5.60 Å². The summed E-state index contributed by atoms with van der Waals surface area (Å²) in [6, 6.07) is 10.0. The monoisotopic (exact) mass is 219 g/mol. The van der Waals surface area contributed by atoms with E-state index in [0.717, 1.165) is 24.9 Å². The third-order valence-corrected chi connectivity index (χ3v) is 3.93. The SMILES string of the molecule is CN1CCC(O)(c2ccccc2)CC1(C)C. The second kappa shape index (κ2) is 3.86. The van der Waals surface area contributed by atoms with Crippen molar-refractivity contribution in [3.63, 3.8) is 0 Å². The van der Waals surface area contributed by atoms with Gasteiger partial charge in [-0.3, -0.25) is 0 Å². The lowest BCUT2D eigenvalue weighted by Crippen LogP contribution is -2.53. The molecule has 0 amide bonds. The summed E-state index contributed by atoms with van der Waals surface area (Å²) in [7, 11) is 2.13. The van der Waals surface area contributed by atoms with Gasteiger partial charge in [-0.2, -0.15) is 0 Å². The quantitative estimate of drug-likeness (QED) is 0.784. The van der Waals surface area contributed by atoms with Gasteiger partial charge in [-0.1, -0.05) is 30.3 Å². The van der Waals surface area contributed by atoms with Crippen LogP contribution >= 0.6 is 0 Å². The van der Waals surface area contributed by atoms with E-state index in [1.807, 2.05) is 30.3 Å². The summed E-state index contributed by atoms with van der Waals surface area (Å²) in [4.78, 5) is 2.32. The van der Waals surface area contributed by atoms with Crippen LogP contribution in [0.4, 0.5) is 0 Å². The first-order valence-corrected chi connectivity index (χ1v) is 5.93. The standard InChI is InChI=1S/C14H21NO/c1-13(2)11-14(16,9-10-15(13)3)12-7-5-4-6-8-12/h4-8,16H,9-11H2,1-3H3. The van der Waals surface area contributed by atoms with Crippen molar-refractivity contribution in [1.29, 1.82) is 0 Å². The summed E-state index contributed by atoms with van der Waals surface area (Å²) in [6.07, 6.45) is 1.61. The van der Waals surface area contributed by atoms with Gasteiger partial charge in [-0.15, -0.1) is 0 Å². The molecule has 0 aliphatic carbocycles. The Morgan fingerprint density at radius 3 is 2.38 bits per heavy atom. The van der Waals surface area contributed by atoms with Crippen molar-refractivity contribution in [1.82, 2.24) is 4.90 Å². The number of nitrogens with zero attached hydrogens (tertiary/aromatic N) is 1. The molecule has 1 atom stereocenters. The highest BCUT2D eigenvalue weighted by molar-refractivity contribution is 5.24. The Kier molecular flexibility index (Phi) is 2.81. The van der Waals surface area contributed by atoms with Crippen molar-refractivity contribution in [3.05, 3.63) is 35.9 Å². The fourth-order valence-corrected chi connectivity index (χ4v) is 2.59. The van der Waals surface area contributed by atoms with E-state index in [1.54, 1.807) is 0 Å². The molecule has 1 aliphatic rings. The molecule has 1 N–H and O–H groups in total. The largest absolute Gasteiger partial charge is 0.385 e.